The molecule has 2 aromatic rings. The average Bonchev–Trinajstić information content (AvgIpc) is 2.55. The molecule has 0 saturated heterocycles. The number of amides is 1. The second-order valence-electron chi connectivity index (χ2n) is 4.62. The Morgan fingerprint density at radius 1 is 1.17 bits per heavy atom. The van der Waals surface area contributed by atoms with Crippen LogP contribution in [-0.2, 0) is 4.79 Å². The van der Waals surface area contributed by atoms with Gasteiger partial charge in [-0.15, -0.1) is 0 Å². The number of benzene rings is 2. The van der Waals surface area contributed by atoms with Crippen LogP contribution < -0.4 is 10.1 Å². The van der Waals surface area contributed by atoms with E-state index in [0.29, 0.717) is 12.1 Å². The van der Waals surface area contributed by atoms with Crippen LogP contribution in [0.1, 0.15) is 23.7 Å². The van der Waals surface area contributed by atoms with Gasteiger partial charge in [0.15, 0.2) is 0 Å². The smallest absolute Gasteiger partial charge is 0.343 e. The molecule has 0 radical (unpaired) electrons. The van der Waals surface area contributed by atoms with Crippen molar-refractivity contribution in [2.24, 2.45) is 0 Å². The first kappa shape index (κ1) is 16.2. The minimum atomic E-state index is -0.619. The summed E-state index contributed by atoms with van der Waals surface area (Å²) in [4.78, 5) is 33.5. The molecule has 0 spiro atoms. The van der Waals surface area contributed by atoms with Gasteiger partial charge in [0.1, 0.15) is 5.75 Å². The largest absolute Gasteiger partial charge is 0.423 e. The molecule has 2 aromatic carbocycles. The van der Waals surface area contributed by atoms with Crippen LogP contribution in [0, 0.1) is 10.1 Å². The molecule has 0 fully saturated rings. The number of rotatable bonds is 5. The van der Waals surface area contributed by atoms with Crippen molar-refractivity contribution in [1.29, 1.82) is 0 Å². The van der Waals surface area contributed by atoms with Crippen LogP contribution in [0.25, 0.3) is 0 Å². The van der Waals surface area contributed by atoms with E-state index in [0.717, 1.165) is 0 Å². The predicted octanol–water partition coefficient (Wildman–Crippen LogP) is 3.16. The molecule has 0 aliphatic rings. The highest BCUT2D eigenvalue weighted by Gasteiger charge is 2.11. The summed E-state index contributed by atoms with van der Waals surface area (Å²) in [6.45, 7) is 1.72. The van der Waals surface area contributed by atoms with Crippen molar-refractivity contribution in [2.75, 3.05) is 5.32 Å². The van der Waals surface area contributed by atoms with Crippen molar-refractivity contribution in [2.45, 2.75) is 13.3 Å². The van der Waals surface area contributed by atoms with Crippen LogP contribution in [0.2, 0.25) is 0 Å². The molecule has 118 valence electrons. The van der Waals surface area contributed by atoms with E-state index in [1.807, 2.05) is 0 Å². The quantitative estimate of drug-likeness (QED) is 0.395. The third-order valence-electron chi connectivity index (χ3n) is 2.96. The standard InChI is InChI=1S/C16H14N2O5/c1-2-15(19)17-12-5-3-4-11(10-12)16(20)23-14-8-6-13(7-9-14)18(21)22/h3-10H,2H2,1H3,(H,17,19). The summed E-state index contributed by atoms with van der Waals surface area (Å²) < 4.78 is 5.15. The number of carbonyl (C=O) groups excluding carboxylic acids is 2. The molecule has 0 atom stereocenters. The summed E-state index contributed by atoms with van der Waals surface area (Å²) in [5, 5.41) is 13.2. The molecule has 7 nitrogen and oxygen atoms in total. The molecule has 0 bridgehead atoms. The van der Waals surface area contributed by atoms with Gasteiger partial charge in [0.25, 0.3) is 5.69 Å². The lowest BCUT2D eigenvalue weighted by molar-refractivity contribution is -0.384. The minimum absolute atomic E-state index is 0.0888. The van der Waals surface area contributed by atoms with E-state index >= 15 is 0 Å². The normalized spacial score (nSPS) is 9.96. The molecule has 0 unspecified atom stereocenters. The predicted molar refractivity (Wildman–Crippen MR) is 83.4 cm³/mol. The highest BCUT2D eigenvalue weighted by atomic mass is 16.6. The molecule has 0 aliphatic carbocycles. The molecular formula is C16H14N2O5. The Kier molecular flexibility index (Phi) is 5.03. The zero-order valence-corrected chi connectivity index (χ0v) is 12.3. The van der Waals surface area contributed by atoms with E-state index in [4.69, 9.17) is 4.74 Å². The third kappa shape index (κ3) is 4.37. The summed E-state index contributed by atoms with van der Waals surface area (Å²) in [5.74, 6) is -0.582. The number of ether oxygens (including phenoxy) is 1. The molecule has 2 rings (SSSR count). The summed E-state index contributed by atoms with van der Waals surface area (Å²) in [6, 6.07) is 11.5. The van der Waals surface area contributed by atoms with Gasteiger partial charge in [0, 0.05) is 24.2 Å². The molecule has 0 aromatic heterocycles. The molecule has 23 heavy (non-hydrogen) atoms. The molecule has 0 heterocycles. The van der Waals surface area contributed by atoms with E-state index in [9.17, 15) is 19.7 Å². The van der Waals surface area contributed by atoms with Crippen molar-refractivity contribution >= 4 is 23.3 Å². The van der Waals surface area contributed by atoms with Gasteiger partial charge in [0.2, 0.25) is 5.91 Å². The fourth-order valence-corrected chi connectivity index (χ4v) is 1.78. The number of carbonyl (C=O) groups is 2. The number of non-ortho nitro benzene ring substituents is 1. The van der Waals surface area contributed by atoms with Crippen LogP contribution in [-0.4, -0.2) is 16.8 Å². The maximum absolute atomic E-state index is 12.1. The Morgan fingerprint density at radius 2 is 1.87 bits per heavy atom. The molecule has 0 aliphatic heterocycles. The highest BCUT2D eigenvalue weighted by Crippen LogP contribution is 2.19. The van der Waals surface area contributed by atoms with E-state index in [1.54, 1.807) is 25.1 Å². The van der Waals surface area contributed by atoms with Crippen molar-refractivity contribution < 1.29 is 19.2 Å². The number of nitro groups is 1. The van der Waals surface area contributed by atoms with Crippen LogP contribution in [0.3, 0.4) is 0 Å². The van der Waals surface area contributed by atoms with Crippen LogP contribution in [0.15, 0.2) is 48.5 Å². The fourth-order valence-electron chi connectivity index (χ4n) is 1.78. The summed E-state index contributed by atoms with van der Waals surface area (Å²) >= 11 is 0. The van der Waals surface area contributed by atoms with E-state index in [-0.39, 0.29) is 22.9 Å². The number of nitro benzene ring substituents is 1. The zero-order chi connectivity index (χ0) is 16.8. The maximum Gasteiger partial charge on any atom is 0.343 e. The van der Waals surface area contributed by atoms with E-state index in [2.05, 4.69) is 5.32 Å². The molecule has 7 heteroatoms. The third-order valence-corrected chi connectivity index (χ3v) is 2.96. The number of hydrogen-bond acceptors (Lipinski definition) is 5. The second kappa shape index (κ2) is 7.17. The Balaban J connectivity index is 2.09. The average molecular weight is 314 g/mol. The van der Waals surface area contributed by atoms with Gasteiger partial charge in [-0.05, 0) is 30.3 Å². The van der Waals surface area contributed by atoms with Gasteiger partial charge >= 0.3 is 5.97 Å². The van der Waals surface area contributed by atoms with Gasteiger partial charge < -0.3 is 10.1 Å². The first-order valence-corrected chi connectivity index (χ1v) is 6.86. The minimum Gasteiger partial charge on any atom is -0.423 e. The number of nitrogens with zero attached hydrogens (tertiary/aromatic N) is 1. The van der Waals surface area contributed by atoms with Crippen molar-refractivity contribution in [3.63, 3.8) is 0 Å². The summed E-state index contributed by atoms with van der Waals surface area (Å²) in [7, 11) is 0. The fraction of sp³-hybridized carbons (Fsp3) is 0.125. The Morgan fingerprint density at radius 3 is 2.48 bits per heavy atom. The van der Waals surface area contributed by atoms with Gasteiger partial charge in [-0.1, -0.05) is 13.0 Å². The number of hydrogen-bond donors (Lipinski definition) is 1. The van der Waals surface area contributed by atoms with Gasteiger partial charge in [-0.25, -0.2) is 4.79 Å². The maximum atomic E-state index is 12.1. The number of nitrogens with one attached hydrogen (secondary N) is 1. The Bertz CT molecular complexity index is 740. The first-order valence-electron chi connectivity index (χ1n) is 6.86. The summed E-state index contributed by atoms with van der Waals surface area (Å²) in [5.41, 5.74) is 0.668. The molecular weight excluding hydrogens is 300 g/mol. The lowest BCUT2D eigenvalue weighted by atomic mass is 10.2. The first-order chi connectivity index (χ1) is 11.0. The molecule has 0 saturated carbocycles. The van der Waals surface area contributed by atoms with Crippen molar-refractivity contribution in [3.05, 3.63) is 64.2 Å². The number of esters is 1. The SMILES string of the molecule is CCC(=O)Nc1cccc(C(=O)Oc2ccc([N+](=O)[O-])cc2)c1. The lowest BCUT2D eigenvalue weighted by Gasteiger charge is -2.07. The Labute approximate surface area is 132 Å². The van der Waals surface area contributed by atoms with Crippen LogP contribution >= 0.6 is 0 Å². The van der Waals surface area contributed by atoms with E-state index in [1.165, 1.54) is 30.3 Å². The van der Waals surface area contributed by atoms with Gasteiger partial charge in [-0.3, -0.25) is 14.9 Å². The molecule has 1 N–H and O–H groups in total. The van der Waals surface area contributed by atoms with Gasteiger partial charge in [-0.2, -0.15) is 0 Å². The van der Waals surface area contributed by atoms with Gasteiger partial charge in [0.05, 0.1) is 10.5 Å². The molecule has 1 amide bonds. The second-order valence-corrected chi connectivity index (χ2v) is 4.62. The topological polar surface area (TPSA) is 98.5 Å². The number of anilines is 1. The summed E-state index contributed by atoms with van der Waals surface area (Å²) in [6.07, 6.45) is 0.331. The highest BCUT2D eigenvalue weighted by molar-refractivity contribution is 5.95. The van der Waals surface area contributed by atoms with E-state index < -0.39 is 10.9 Å². The Hall–Kier alpha value is -3.22. The van der Waals surface area contributed by atoms with Crippen molar-refractivity contribution in [1.82, 2.24) is 0 Å². The van der Waals surface area contributed by atoms with Crippen LogP contribution in [0.5, 0.6) is 5.75 Å². The zero-order valence-electron chi connectivity index (χ0n) is 12.3. The van der Waals surface area contributed by atoms with Crippen molar-refractivity contribution in [3.8, 4) is 5.75 Å². The monoisotopic (exact) mass is 314 g/mol. The lowest BCUT2D eigenvalue weighted by Crippen LogP contribution is -2.12. The van der Waals surface area contributed by atoms with Crippen LogP contribution in [0.4, 0.5) is 11.4 Å².